The van der Waals surface area contributed by atoms with E-state index < -0.39 is 6.49 Å². The van der Waals surface area contributed by atoms with Gasteiger partial charge in [0.2, 0.25) is 5.91 Å². The molecular weight excluding hydrogens is 381 g/mol. The molecule has 0 bridgehead atoms. The minimum absolute atomic E-state index is 0.00812. The zero-order valence-electron chi connectivity index (χ0n) is 15.3. The predicted octanol–water partition coefficient (Wildman–Crippen LogP) is 3.08. The third-order valence-corrected chi connectivity index (χ3v) is 4.97. The van der Waals surface area contributed by atoms with Crippen LogP contribution in [0, 0.1) is 0 Å². The van der Waals surface area contributed by atoms with E-state index in [1.165, 1.54) is 0 Å². The topological polar surface area (TPSA) is 84.9 Å². The number of esters is 1. The molecule has 2 N–H and O–H groups in total. The van der Waals surface area contributed by atoms with Crippen LogP contribution in [0.1, 0.15) is 51.4 Å². The van der Waals surface area contributed by atoms with E-state index in [0.717, 1.165) is 44.3 Å². The Morgan fingerprint density at radius 3 is 2.44 bits per heavy atom. The molecule has 148 valence electrons. The third kappa shape index (κ3) is 20.0. The summed E-state index contributed by atoms with van der Waals surface area (Å²) >= 11 is 6.51. The van der Waals surface area contributed by atoms with Crippen molar-refractivity contribution in [2.45, 2.75) is 51.4 Å². The first-order valence-electron chi connectivity index (χ1n) is 8.71. The molecule has 0 aliphatic rings. The second-order valence-corrected chi connectivity index (χ2v) is 10.7. The molecule has 1 atom stereocenters. The number of nitrogens with one attached hydrogen (secondary N) is 1. The molecule has 0 radical (unpaired) electrons. The van der Waals surface area contributed by atoms with Crippen molar-refractivity contribution < 1.29 is 23.7 Å². The average Bonchev–Trinajstić information content (AvgIpc) is 2.53. The van der Waals surface area contributed by atoms with Crippen molar-refractivity contribution in [1.29, 1.82) is 0 Å². The van der Waals surface area contributed by atoms with Crippen LogP contribution in [0.2, 0.25) is 0 Å². The molecule has 0 rings (SSSR count). The van der Waals surface area contributed by atoms with Crippen molar-refractivity contribution in [3.8, 4) is 0 Å². The van der Waals surface area contributed by atoms with Gasteiger partial charge >= 0.3 is 5.97 Å². The van der Waals surface area contributed by atoms with Crippen LogP contribution in [0.4, 0.5) is 0 Å². The predicted molar refractivity (Wildman–Crippen MR) is 108 cm³/mol. The highest BCUT2D eigenvalue weighted by atomic mass is 32.5. The lowest BCUT2D eigenvalue weighted by atomic mass is 10.1. The Bertz CT molecular complexity index is 417. The number of unbranched alkanes of at least 4 members (excludes halogenated alkanes) is 4. The van der Waals surface area contributed by atoms with Crippen LogP contribution in [0.15, 0.2) is 0 Å². The Kier molecular flexibility index (Phi) is 16.0. The fourth-order valence-corrected chi connectivity index (χ4v) is 3.15. The Morgan fingerprint density at radius 2 is 1.76 bits per heavy atom. The lowest BCUT2D eigenvalue weighted by molar-refractivity contribution is -0.144. The molecule has 0 aliphatic heterocycles. The molecule has 0 aromatic heterocycles. The molecule has 0 aromatic carbocycles. The summed E-state index contributed by atoms with van der Waals surface area (Å²) in [7, 11) is 0. The SMILES string of the molecule is CSCCCC(=O)NCCOC(=O)CCCCCCCOP(C)(O)=S. The van der Waals surface area contributed by atoms with Gasteiger partial charge in [-0.25, -0.2) is 0 Å². The molecule has 6 nitrogen and oxygen atoms in total. The van der Waals surface area contributed by atoms with Crippen LogP contribution in [-0.4, -0.2) is 55.2 Å². The van der Waals surface area contributed by atoms with Crippen molar-refractivity contribution in [2.75, 3.05) is 38.4 Å². The highest BCUT2D eigenvalue weighted by molar-refractivity contribution is 8.09. The summed E-state index contributed by atoms with van der Waals surface area (Å²) in [6.45, 7) is 0.124. The Morgan fingerprint density at radius 1 is 1.08 bits per heavy atom. The Labute approximate surface area is 161 Å². The van der Waals surface area contributed by atoms with E-state index in [9.17, 15) is 14.5 Å². The van der Waals surface area contributed by atoms with Crippen LogP contribution < -0.4 is 5.32 Å². The summed E-state index contributed by atoms with van der Waals surface area (Å²) in [6.07, 6.45) is 8.44. The summed E-state index contributed by atoms with van der Waals surface area (Å²) in [5.74, 6) is 0.770. The molecule has 0 aromatic rings. The van der Waals surface area contributed by atoms with Crippen LogP contribution >= 0.6 is 18.3 Å². The fraction of sp³-hybridized carbons (Fsp3) is 0.875. The second-order valence-electron chi connectivity index (χ2n) is 5.82. The maximum absolute atomic E-state index is 11.6. The molecule has 1 amide bonds. The van der Waals surface area contributed by atoms with E-state index in [4.69, 9.17) is 21.1 Å². The zero-order valence-corrected chi connectivity index (χ0v) is 17.9. The highest BCUT2D eigenvalue weighted by Gasteiger charge is 2.05. The molecule has 0 spiro atoms. The van der Waals surface area contributed by atoms with E-state index in [1.807, 2.05) is 6.26 Å². The highest BCUT2D eigenvalue weighted by Crippen LogP contribution is 2.37. The largest absolute Gasteiger partial charge is 0.464 e. The smallest absolute Gasteiger partial charge is 0.305 e. The number of amides is 1. The van der Waals surface area contributed by atoms with Gasteiger partial charge in [-0.2, -0.15) is 11.8 Å². The summed E-state index contributed by atoms with van der Waals surface area (Å²) in [6, 6.07) is 0. The van der Waals surface area contributed by atoms with E-state index in [0.29, 0.717) is 26.0 Å². The first-order chi connectivity index (χ1) is 11.8. The van der Waals surface area contributed by atoms with Gasteiger partial charge in [-0.05, 0) is 43.1 Å². The number of hydrogen-bond donors (Lipinski definition) is 2. The summed E-state index contributed by atoms with van der Waals surface area (Å²) in [5.41, 5.74) is 0. The molecule has 0 fully saturated rings. The zero-order chi connectivity index (χ0) is 19.0. The number of hydrogen-bond acceptors (Lipinski definition) is 6. The Hall–Kier alpha value is -0.140. The molecular formula is C16H32NO5PS2. The number of carbonyl (C=O) groups is 2. The monoisotopic (exact) mass is 413 g/mol. The molecule has 0 saturated heterocycles. The van der Waals surface area contributed by atoms with E-state index in [1.54, 1.807) is 18.4 Å². The quantitative estimate of drug-likeness (QED) is 0.228. The molecule has 0 heterocycles. The van der Waals surface area contributed by atoms with Crippen molar-refractivity contribution in [2.24, 2.45) is 0 Å². The maximum atomic E-state index is 11.6. The van der Waals surface area contributed by atoms with E-state index >= 15 is 0 Å². The number of thioether (sulfide) groups is 1. The van der Waals surface area contributed by atoms with Crippen LogP contribution in [-0.2, 0) is 30.7 Å². The van der Waals surface area contributed by atoms with Crippen molar-refractivity contribution in [3.05, 3.63) is 0 Å². The standard InChI is InChI=1S/C16H32NO5PS2/c1-23(20,24)22-12-7-5-3-4-6-10-16(19)21-13-11-17-15(18)9-8-14-25-2/h3-14H2,1-2H3,(H,17,18)(H,20,24). The fourth-order valence-electron chi connectivity index (χ4n) is 2.03. The summed E-state index contributed by atoms with van der Waals surface area (Å²) in [4.78, 5) is 32.3. The number of rotatable bonds is 16. The lowest BCUT2D eigenvalue weighted by Gasteiger charge is -2.09. The molecule has 0 aliphatic carbocycles. The second kappa shape index (κ2) is 16.1. The van der Waals surface area contributed by atoms with Gasteiger partial charge in [-0.1, -0.05) is 19.3 Å². The van der Waals surface area contributed by atoms with Gasteiger partial charge in [0.25, 0.3) is 0 Å². The Balaban J connectivity index is 3.36. The van der Waals surface area contributed by atoms with Gasteiger partial charge in [0, 0.05) is 19.5 Å². The lowest BCUT2D eigenvalue weighted by Crippen LogP contribution is -2.27. The minimum atomic E-state index is -2.52. The summed E-state index contributed by atoms with van der Waals surface area (Å²) in [5, 5.41) is 2.74. The molecule has 1 unspecified atom stereocenters. The summed E-state index contributed by atoms with van der Waals surface area (Å²) < 4.78 is 10.2. The maximum Gasteiger partial charge on any atom is 0.305 e. The van der Waals surface area contributed by atoms with Gasteiger partial charge in [0.05, 0.1) is 13.2 Å². The van der Waals surface area contributed by atoms with Gasteiger partial charge in [-0.3, -0.25) is 9.59 Å². The molecule has 25 heavy (non-hydrogen) atoms. The molecule has 0 saturated carbocycles. The first-order valence-corrected chi connectivity index (χ1v) is 13.2. The van der Waals surface area contributed by atoms with Crippen molar-refractivity contribution in [1.82, 2.24) is 5.32 Å². The van der Waals surface area contributed by atoms with Crippen LogP contribution in [0.25, 0.3) is 0 Å². The van der Waals surface area contributed by atoms with Gasteiger partial charge < -0.3 is 19.5 Å². The number of carbonyl (C=O) groups excluding carboxylic acids is 2. The first kappa shape index (κ1) is 24.9. The number of ether oxygens (including phenoxy) is 1. The minimum Gasteiger partial charge on any atom is -0.464 e. The third-order valence-electron chi connectivity index (χ3n) is 3.30. The van der Waals surface area contributed by atoms with Gasteiger partial charge in [0.1, 0.15) is 6.61 Å². The van der Waals surface area contributed by atoms with Crippen LogP contribution in [0.5, 0.6) is 0 Å². The van der Waals surface area contributed by atoms with Gasteiger partial charge in [0.15, 0.2) is 6.49 Å². The van der Waals surface area contributed by atoms with E-state index in [-0.39, 0.29) is 18.5 Å². The average molecular weight is 414 g/mol. The van der Waals surface area contributed by atoms with Gasteiger partial charge in [-0.15, -0.1) is 0 Å². The van der Waals surface area contributed by atoms with E-state index in [2.05, 4.69) is 5.32 Å². The normalized spacial score (nSPS) is 13.2. The van der Waals surface area contributed by atoms with Crippen LogP contribution in [0.3, 0.4) is 0 Å². The van der Waals surface area contributed by atoms with Crippen molar-refractivity contribution >= 4 is 41.9 Å². The molecule has 9 heteroatoms. The van der Waals surface area contributed by atoms with Crippen molar-refractivity contribution in [3.63, 3.8) is 0 Å².